The average Bonchev–Trinajstić information content (AvgIpc) is 1.92. The summed E-state index contributed by atoms with van der Waals surface area (Å²) < 4.78 is 19.9. The number of amides is 1. The number of hydrogen-bond donors (Lipinski definition) is 1. The lowest BCUT2D eigenvalue weighted by atomic mass is 10.4. The van der Waals surface area contributed by atoms with Gasteiger partial charge in [0.05, 0.1) is 6.54 Å². The number of likely N-dealkylation sites (N-methyl/N-ethyl adjacent to an activating group) is 1. The number of carbonyl (C=O) groups is 1. The zero-order chi connectivity index (χ0) is 9.35. The lowest BCUT2D eigenvalue weighted by molar-refractivity contribution is -0.132. The number of carbonyl (C=O) groups excluding carboxylic acids is 1. The fourth-order valence-electron chi connectivity index (χ4n) is 1.03. The topological polar surface area (TPSA) is 64.5 Å². The van der Waals surface area contributed by atoms with Crippen LogP contribution in [-0.2, 0) is 14.7 Å². The molecule has 0 aromatic carbocycles. The van der Waals surface area contributed by atoms with E-state index in [1.165, 1.54) is 10.6 Å². The van der Waals surface area contributed by atoms with Gasteiger partial charge in [-0.3, -0.25) is 4.79 Å². The molecule has 6 heteroatoms. The molecule has 1 unspecified atom stereocenters. The van der Waals surface area contributed by atoms with Crippen LogP contribution < -0.4 is 0 Å². The summed E-state index contributed by atoms with van der Waals surface area (Å²) in [5.74, 6) is -0.0666. The molecular formula is C6H13N3O2S. The number of piperazine rings is 1. The van der Waals surface area contributed by atoms with E-state index in [-0.39, 0.29) is 12.5 Å². The number of rotatable bonds is 1. The monoisotopic (exact) mass is 191 g/mol. The minimum absolute atomic E-state index is 0.0666. The van der Waals surface area contributed by atoms with Gasteiger partial charge in [-0.05, 0) is 0 Å². The predicted molar refractivity (Wildman–Crippen MR) is 46.0 cm³/mol. The minimum atomic E-state index is -2.70. The fourth-order valence-corrected chi connectivity index (χ4v) is 1.82. The Morgan fingerprint density at radius 2 is 2.08 bits per heavy atom. The molecule has 0 aromatic rings. The van der Waals surface area contributed by atoms with Crippen molar-refractivity contribution in [1.29, 1.82) is 4.78 Å². The third-order valence-corrected chi connectivity index (χ3v) is 3.21. The number of nitrogens with zero attached hydrogens (tertiary/aromatic N) is 2. The molecule has 1 aliphatic rings. The summed E-state index contributed by atoms with van der Waals surface area (Å²) in [6.07, 6.45) is 1.34. The number of nitrogens with one attached hydrogen (secondary N) is 1. The highest BCUT2D eigenvalue weighted by Gasteiger charge is 2.24. The Bertz CT molecular complexity index is 285. The van der Waals surface area contributed by atoms with Crippen molar-refractivity contribution in [1.82, 2.24) is 9.21 Å². The van der Waals surface area contributed by atoms with Gasteiger partial charge in [-0.25, -0.2) is 13.3 Å². The first-order chi connectivity index (χ1) is 5.41. The molecule has 1 rings (SSSR count). The van der Waals surface area contributed by atoms with Gasteiger partial charge in [-0.1, -0.05) is 0 Å². The first-order valence-electron chi connectivity index (χ1n) is 3.64. The van der Waals surface area contributed by atoms with Crippen LogP contribution in [-0.4, -0.2) is 52.3 Å². The molecule has 1 fully saturated rings. The van der Waals surface area contributed by atoms with Gasteiger partial charge in [0.1, 0.15) is 9.92 Å². The Morgan fingerprint density at radius 1 is 1.50 bits per heavy atom. The van der Waals surface area contributed by atoms with E-state index in [4.69, 9.17) is 4.78 Å². The summed E-state index contributed by atoms with van der Waals surface area (Å²) in [6, 6.07) is 0. The van der Waals surface area contributed by atoms with Crippen molar-refractivity contribution < 1.29 is 9.00 Å². The summed E-state index contributed by atoms with van der Waals surface area (Å²) in [7, 11) is -0.987. The zero-order valence-electron chi connectivity index (χ0n) is 7.24. The Kier molecular flexibility index (Phi) is 2.39. The Labute approximate surface area is 72.4 Å². The second-order valence-electron chi connectivity index (χ2n) is 2.98. The molecule has 1 N–H and O–H groups in total. The van der Waals surface area contributed by atoms with Crippen LogP contribution in [0.2, 0.25) is 0 Å². The first kappa shape index (κ1) is 9.47. The van der Waals surface area contributed by atoms with Gasteiger partial charge in [0.15, 0.2) is 0 Å². The maximum Gasteiger partial charge on any atom is 0.237 e. The summed E-state index contributed by atoms with van der Waals surface area (Å²) in [5.41, 5.74) is 0. The van der Waals surface area contributed by atoms with Crippen molar-refractivity contribution in [3.05, 3.63) is 0 Å². The third kappa shape index (κ3) is 1.95. The van der Waals surface area contributed by atoms with Crippen molar-refractivity contribution in [2.45, 2.75) is 0 Å². The van der Waals surface area contributed by atoms with Crippen LogP contribution in [0.5, 0.6) is 0 Å². The van der Waals surface area contributed by atoms with E-state index >= 15 is 0 Å². The molecule has 0 saturated carbocycles. The smallest absolute Gasteiger partial charge is 0.237 e. The molecule has 0 spiro atoms. The molecule has 0 aliphatic carbocycles. The van der Waals surface area contributed by atoms with Crippen molar-refractivity contribution in [3.63, 3.8) is 0 Å². The molecule has 12 heavy (non-hydrogen) atoms. The molecule has 0 aromatic heterocycles. The van der Waals surface area contributed by atoms with Crippen LogP contribution in [0.15, 0.2) is 0 Å². The van der Waals surface area contributed by atoms with Gasteiger partial charge >= 0.3 is 0 Å². The van der Waals surface area contributed by atoms with Crippen molar-refractivity contribution in [3.8, 4) is 0 Å². The molecule has 5 nitrogen and oxygen atoms in total. The lowest BCUT2D eigenvalue weighted by Crippen LogP contribution is -2.49. The van der Waals surface area contributed by atoms with Gasteiger partial charge in [0.25, 0.3) is 0 Å². The highest BCUT2D eigenvalue weighted by molar-refractivity contribution is 7.89. The van der Waals surface area contributed by atoms with Crippen LogP contribution in [0.25, 0.3) is 0 Å². The van der Waals surface area contributed by atoms with Crippen molar-refractivity contribution in [2.24, 2.45) is 0 Å². The van der Waals surface area contributed by atoms with Crippen LogP contribution in [0.4, 0.5) is 0 Å². The van der Waals surface area contributed by atoms with E-state index in [1.54, 1.807) is 11.9 Å². The second-order valence-corrected chi connectivity index (χ2v) is 5.10. The maximum atomic E-state index is 11.2. The average molecular weight is 191 g/mol. The summed E-state index contributed by atoms with van der Waals surface area (Å²) in [4.78, 5) is 12.7. The van der Waals surface area contributed by atoms with Gasteiger partial charge in [0.2, 0.25) is 5.91 Å². The molecule has 1 amide bonds. The van der Waals surface area contributed by atoms with E-state index in [9.17, 15) is 9.00 Å². The van der Waals surface area contributed by atoms with E-state index in [1.807, 2.05) is 0 Å². The SMILES string of the molecule is CN1CCN(S(C)(=N)=O)CC1=O. The van der Waals surface area contributed by atoms with E-state index in [0.717, 1.165) is 0 Å². The largest absolute Gasteiger partial charge is 0.343 e. The maximum absolute atomic E-state index is 11.2. The van der Waals surface area contributed by atoms with Gasteiger partial charge < -0.3 is 4.90 Å². The lowest BCUT2D eigenvalue weighted by Gasteiger charge is -2.31. The Balaban J connectivity index is 2.70. The number of hydrogen-bond acceptors (Lipinski definition) is 3. The van der Waals surface area contributed by atoms with Crippen LogP contribution in [0, 0.1) is 4.78 Å². The van der Waals surface area contributed by atoms with Crippen molar-refractivity contribution >= 4 is 15.8 Å². The highest BCUT2D eigenvalue weighted by atomic mass is 32.2. The van der Waals surface area contributed by atoms with Crippen LogP contribution >= 0.6 is 0 Å². The first-order valence-corrected chi connectivity index (χ1v) is 5.56. The van der Waals surface area contributed by atoms with Gasteiger partial charge in [-0.15, -0.1) is 0 Å². The summed E-state index contributed by atoms with van der Waals surface area (Å²) in [5, 5.41) is 0. The van der Waals surface area contributed by atoms with Gasteiger partial charge in [0, 0.05) is 26.4 Å². The zero-order valence-corrected chi connectivity index (χ0v) is 8.06. The van der Waals surface area contributed by atoms with E-state index < -0.39 is 9.92 Å². The quantitative estimate of drug-likeness (QED) is 0.598. The van der Waals surface area contributed by atoms with Crippen LogP contribution in [0.3, 0.4) is 0 Å². The van der Waals surface area contributed by atoms with E-state index in [0.29, 0.717) is 13.1 Å². The normalized spacial score (nSPS) is 25.5. The minimum Gasteiger partial charge on any atom is -0.343 e. The molecule has 1 atom stereocenters. The second kappa shape index (κ2) is 3.02. The molecule has 70 valence electrons. The molecule has 1 saturated heterocycles. The Hall–Kier alpha value is -0.620. The highest BCUT2D eigenvalue weighted by Crippen LogP contribution is 2.05. The molecular weight excluding hydrogens is 178 g/mol. The third-order valence-electron chi connectivity index (χ3n) is 1.91. The van der Waals surface area contributed by atoms with Gasteiger partial charge in [-0.2, -0.15) is 0 Å². The molecule has 1 aliphatic heterocycles. The standard InChI is InChI=1S/C6H13N3O2S/c1-8-3-4-9(5-6(8)10)12(2,7)11/h7H,3-5H2,1-2H3. The predicted octanol–water partition coefficient (Wildman–Crippen LogP) is -0.648. The van der Waals surface area contributed by atoms with Crippen molar-refractivity contribution in [2.75, 3.05) is 32.9 Å². The van der Waals surface area contributed by atoms with E-state index in [2.05, 4.69) is 0 Å². The summed E-state index contributed by atoms with van der Waals surface area (Å²) >= 11 is 0. The Morgan fingerprint density at radius 3 is 2.50 bits per heavy atom. The molecule has 0 bridgehead atoms. The molecule has 0 radical (unpaired) electrons. The van der Waals surface area contributed by atoms with Crippen LogP contribution in [0.1, 0.15) is 0 Å². The molecule has 1 heterocycles. The fraction of sp³-hybridized carbons (Fsp3) is 0.833. The summed E-state index contributed by atoms with van der Waals surface area (Å²) in [6.45, 7) is 1.19.